The van der Waals surface area contributed by atoms with Gasteiger partial charge in [-0.1, -0.05) is 53.9 Å². The Kier molecular flexibility index (Phi) is 5.40. The highest BCUT2D eigenvalue weighted by molar-refractivity contribution is 7.92. The zero-order valence-electron chi connectivity index (χ0n) is 15.2. The molecule has 0 fully saturated rings. The molecule has 0 bridgehead atoms. The summed E-state index contributed by atoms with van der Waals surface area (Å²) in [6.07, 6.45) is 0.387. The van der Waals surface area contributed by atoms with Crippen molar-refractivity contribution < 1.29 is 21.6 Å². The third-order valence-electron chi connectivity index (χ3n) is 4.09. The van der Waals surface area contributed by atoms with Gasteiger partial charge in [0.15, 0.2) is 11.5 Å². The molecule has 0 unspecified atom stereocenters. The number of hydrogen-bond acceptors (Lipinski definition) is 3. The molecule has 0 atom stereocenters. The summed E-state index contributed by atoms with van der Waals surface area (Å²) in [5.74, 6) is 1.67. The summed E-state index contributed by atoms with van der Waals surface area (Å²) in [5, 5.41) is 3.84. The van der Waals surface area contributed by atoms with Gasteiger partial charge >= 0.3 is 6.18 Å². The zero-order valence-corrected chi connectivity index (χ0v) is 16.1. The number of terminal acetylenes is 1. The lowest BCUT2D eigenvalue weighted by atomic mass is 10.0. The second kappa shape index (κ2) is 7.64. The van der Waals surface area contributed by atoms with Gasteiger partial charge < -0.3 is 0 Å². The SMILES string of the molecule is C#CCn1nc(NS(=O)(=O)c2ccccc2)c(-c2ccc(C)cc2)c1C(F)(F)F. The van der Waals surface area contributed by atoms with Crippen molar-refractivity contribution in [2.45, 2.75) is 24.5 Å². The lowest BCUT2D eigenvalue weighted by Crippen LogP contribution is -2.15. The van der Waals surface area contributed by atoms with Crippen LogP contribution in [0.1, 0.15) is 11.3 Å². The smallest absolute Gasteiger partial charge is 0.261 e. The topological polar surface area (TPSA) is 64.0 Å². The van der Waals surface area contributed by atoms with Crippen LogP contribution in [-0.4, -0.2) is 18.2 Å². The number of alkyl halides is 3. The van der Waals surface area contributed by atoms with Crippen LogP contribution in [0.2, 0.25) is 0 Å². The van der Waals surface area contributed by atoms with Gasteiger partial charge in [-0.2, -0.15) is 18.3 Å². The minimum Gasteiger partial charge on any atom is -0.261 e. The van der Waals surface area contributed by atoms with Gasteiger partial charge in [0.1, 0.15) is 6.54 Å². The Bertz CT molecular complexity index is 1160. The minimum atomic E-state index is -4.81. The average Bonchev–Trinajstić information content (AvgIpc) is 3.01. The number of hydrogen-bond donors (Lipinski definition) is 1. The van der Waals surface area contributed by atoms with Gasteiger partial charge in [-0.3, -0.25) is 4.72 Å². The maximum atomic E-state index is 13.9. The molecule has 0 aliphatic heterocycles. The summed E-state index contributed by atoms with van der Waals surface area (Å²) < 4.78 is 69.7. The van der Waals surface area contributed by atoms with Gasteiger partial charge in [0, 0.05) is 0 Å². The van der Waals surface area contributed by atoms with Crippen LogP contribution in [-0.2, 0) is 22.7 Å². The Labute approximate surface area is 166 Å². The number of anilines is 1. The first-order valence-electron chi connectivity index (χ1n) is 8.40. The van der Waals surface area contributed by atoms with Gasteiger partial charge in [0.2, 0.25) is 0 Å². The lowest BCUT2D eigenvalue weighted by molar-refractivity contribution is -0.143. The summed E-state index contributed by atoms with van der Waals surface area (Å²) in [4.78, 5) is -0.102. The minimum absolute atomic E-state index is 0.102. The van der Waals surface area contributed by atoms with Gasteiger partial charge in [-0.15, -0.1) is 6.42 Å². The maximum Gasteiger partial charge on any atom is 0.433 e. The maximum absolute atomic E-state index is 13.9. The van der Waals surface area contributed by atoms with Gasteiger partial charge in [0.05, 0.1) is 10.5 Å². The van der Waals surface area contributed by atoms with E-state index in [4.69, 9.17) is 6.42 Å². The first kappa shape index (κ1) is 20.5. The number of nitrogens with one attached hydrogen (secondary N) is 1. The van der Waals surface area contributed by atoms with Crippen molar-refractivity contribution in [2.24, 2.45) is 0 Å². The van der Waals surface area contributed by atoms with E-state index in [0.717, 1.165) is 5.56 Å². The van der Waals surface area contributed by atoms with Crippen molar-refractivity contribution >= 4 is 15.8 Å². The van der Waals surface area contributed by atoms with Crippen LogP contribution in [0.3, 0.4) is 0 Å². The highest BCUT2D eigenvalue weighted by Crippen LogP contribution is 2.42. The summed E-state index contributed by atoms with van der Waals surface area (Å²) in [6, 6.07) is 13.5. The fourth-order valence-corrected chi connectivity index (χ4v) is 3.83. The Morgan fingerprint density at radius 3 is 2.28 bits per heavy atom. The molecule has 1 aromatic heterocycles. The molecule has 0 aliphatic carbocycles. The molecule has 0 amide bonds. The van der Waals surface area contributed by atoms with Gasteiger partial charge in [-0.05, 0) is 24.6 Å². The highest BCUT2D eigenvalue weighted by Gasteiger charge is 2.41. The van der Waals surface area contributed by atoms with Crippen molar-refractivity contribution in [1.29, 1.82) is 0 Å². The molecular formula is C20H16F3N3O2S. The Morgan fingerprint density at radius 1 is 1.10 bits per heavy atom. The lowest BCUT2D eigenvalue weighted by Gasteiger charge is -2.12. The number of aromatic nitrogens is 2. The highest BCUT2D eigenvalue weighted by atomic mass is 32.2. The number of aryl methyl sites for hydroxylation is 1. The molecule has 9 heteroatoms. The molecule has 29 heavy (non-hydrogen) atoms. The van der Waals surface area contributed by atoms with E-state index < -0.39 is 34.3 Å². The molecule has 150 valence electrons. The van der Waals surface area contributed by atoms with Crippen molar-refractivity contribution in [2.75, 3.05) is 4.72 Å². The summed E-state index contributed by atoms with van der Waals surface area (Å²) >= 11 is 0. The zero-order chi connectivity index (χ0) is 21.2. The van der Waals surface area contributed by atoms with Gasteiger partial charge in [0.25, 0.3) is 10.0 Å². The number of nitrogens with zero attached hydrogens (tertiary/aromatic N) is 2. The predicted octanol–water partition coefficient (Wildman–Crippen LogP) is 4.31. The summed E-state index contributed by atoms with van der Waals surface area (Å²) in [6.45, 7) is 1.32. The van der Waals surface area contributed by atoms with Crippen LogP contribution in [0.5, 0.6) is 0 Å². The second-order valence-electron chi connectivity index (χ2n) is 6.22. The Balaban J connectivity index is 2.23. The van der Waals surface area contributed by atoms with E-state index in [-0.39, 0.29) is 16.0 Å². The molecular weight excluding hydrogens is 403 g/mol. The fraction of sp³-hybridized carbons (Fsp3) is 0.150. The van der Waals surface area contributed by atoms with Crippen LogP contribution < -0.4 is 4.72 Å². The molecule has 2 aromatic carbocycles. The van der Waals surface area contributed by atoms with Crippen molar-refractivity contribution in [3.8, 4) is 23.5 Å². The van der Waals surface area contributed by atoms with E-state index in [9.17, 15) is 21.6 Å². The van der Waals surface area contributed by atoms with E-state index >= 15 is 0 Å². The second-order valence-corrected chi connectivity index (χ2v) is 7.90. The van der Waals surface area contributed by atoms with Crippen LogP contribution in [0.4, 0.5) is 19.0 Å². The monoisotopic (exact) mass is 419 g/mol. The van der Waals surface area contributed by atoms with Crippen LogP contribution in [0.25, 0.3) is 11.1 Å². The molecule has 0 saturated heterocycles. The molecule has 0 spiro atoms. The number of rotatable bonds is 5. The molecule has 0 aliphatic rings. The standard InChI is InChI=1S/C20H16F3N3O2S/c1-3-13-26-18(20(21,22)23)17(15-11-9-14(2)10-12-15)19(24-26)25-29(27,28)16-7-5-4-6-8-16/h1,4-12H,13H2,2H3,(H,24,25). The summed E-state index contributed by atoms with van der Waals surface area (Å²) in [5.41, 5.74) is -0.501. The van der Waals surface area contributed by atoms with Gasteiger partial charge in [-0.25, -0.2) is 13.1 Å². The first-order valence-corrected chi connectivity index (χ1v) is 9.88. The van der Waals surface area contributed by atoms with E-state index in [1.807, 2.05) is 0 Å². The van der Waals surface area contributed by atoms with E-state index in [2.05, 4.69) is 15.7 Å². The number of halogens is 3. The Hall–Kier alpha value is -3.25. The first-order chi connectivity index (χ1) is 13.6. The number of sulfonamides is 1. The normalized spacial score (nSPS) is 11.8. The van der Waals surface area contributed by atoms with E-state index in [0.29, 0.717) is 4.68 Å². The molecule has 1 heterocycles. The fourth-order valence-electron chi connectivity index (χ4n) is 2.80. The van der Waals surface area contributed by atoms with E-state index in [1.165, 1.54) is 36.4 Å². The molecule has 5 nitrogen and oxygen atoms in total. The number of benzene rings is 2. The van der Waals surface area contributed by atoms with E-state index in [1.54, 1.807) is 25.1 Å². The quantitative estimate of drug-likeness (QED) is 0.627. The molecule has 1 N–H and O–H groups in total. The molecule has 3 rings (SSSR count). The average molecular weight is 419 g/mol. The van der Waals surface area contributed by atoms with Crippen molar-refractivity contribution in [3.05, 3.63) is 65.9 Å². The van der Waals surface area contributed by atoms with Crippen molar-refractivity contribution in [3.63, 3.8) is 0 Å². The van der Waals surface area contributed by atoms with Crippen molar-refractivity contribution in [1.82, 2.24) is 9.78 Å². The van der Waals surface area contributed by atoms with Crippen LogP contribution >= 0.6 is 0 Å². The third-order valence-corrected chi connectivity index (χ3v) is 5.44. The molecule has 0 radical (unpaired) electrons. The van der Waals surface area contributed by atoms with Crippen LogP contribution in [0, 0.1) is 19.3 Å². The summed E-state index contributed by atoms with van der Waals surface area (Å²) in [7, 11) is -4.16. The molecule has 0 saturated carbocycles. The largest absolute Gasteiger partial charge is 0.433 e. The predicted molar refractivity (Wildman–Crippen MR) is 103 cm³/mol. The molecule has 3 aromatic rings. The van der Waals surface area contributed by atoms with Crippen LogP contribution in [0.15, 0.2) is 59.5 Å². The third kappa shape index (κ3) is 4.27. The Morgan fingerprint density at radius 2 is 1.72 bits per heavy atom.